The molecule has 3 aromatic rings. The van der Waals surface area contributed by atoms with E-state index in [-0.39, 0.29) is 17.5 Å². The largest absolute Gasteiger partial charge is 0.304 e. The number of benzene rings is 1. The highest BCUT2D eigenvalue weighted by Gasteiger charge is 2.21. The number of carbonyl (C=O) groups excluding carboxylic acids is 1. The molecule has 0 unspecified atom stereocenters. The maximum absolute atomic E-state index is 12.7. The topological polar surface area (TPSA) is 83.4 Å². The van der Waals surface area contributed by atoms with Gasteiger partial charge in [-0.15, -0.1) is 0 Å². The third-order valence-corrected chi connectivity index (χ3v) is 6.42. The van der Waals surface area contributed by atoms with Crippen molar-refractivity contribution < 1.29 is 4.79 Å². The van der Waals surface area contributed by atoms with Crippen molar-refractivity contribution in [3.8, 4) is 21.8 Å². The quantitative estimate of drug-likeness (QED) is 0.619. The van der Waals surface area contributed by atoms with Gasteiger partial charge in [0.1, 0.15) is 5.69 Å². The van der Waals surface area contributed by atoms with E-state index in [0.717, 1.165) is 42.3 Å². The van der Waals surface area contributed by atoms with Crippen LogP contribution in [0.3, 0.4) is 0 Å². The SMILES string of the molecule is CC(C)n1nc(-c2sc(NC(=O)CN3CCN(C)CC3)nc2-c2ccccc2)ccc1=O. The number of rotatable bonds is 6. The van der Waals surface area contributed by atoms with Gasteiger partial charge in [-0.2, -0.15) is 5.10 Å². The molecular weight excluding hydrogens is 424 g/mol. The van der Waals surface area contributed by atoms with Gasteiger partial charge in [0, 0.05) is 37.8 Å². The summed E-state index contributed by atoms with van der Waals surface area (Å²) in [6.45, 7) is 7.87. The summed E-state index contributed by atoms with van der Waals surface area (Å²) < 4.78 is 1.47. The van der Waals surface area contributed by atoms with Crippen molar-refractivity contribution in [3.05, 3.63) is 52.8 Å². The maximum atomic E-state index is 12.7. The number of amides is 1. The van der Waals surface area contributed by atoms with Crippen LogP contribution >= 0.6 is 11.3 Å². The van der Waals surface area contributed by atoms with E-state index in [1.54, 1.807) is 6.07 Å². The number of likely N-dealkylation sites (N-methyl/N-ethyl adjacent to an activating group) is 1. The average Bonchev–Trinajstić information content (AvgIpc) is 3.19. The van der Waals surface area contributed by atoms with E-state index in [0.29, 0.717) is 17.4 Å². The molecule has 3 heterocycles. The number of thiazole rings is 1. The molecule has 4 rings (SSSR count). The van der Waals surface area contributed by atoms with Gasteiger partial charge in [-0.05, 0) is 27.0 Å². The first-order valence-corrected chi connectivity index (χ1v) is 11.6. The van der Waals surface area contributed by atoms with E-state index in [1.807, 2.05) is 44.2 Å². The van der Waals surface area contributed by atoms with Gasteiger partial charge in [-0.25, -0.2) is 9.67 Å². The summed E-state index contributed by atoms with van der Waals surface area (Å²) in [7, 11) is 2.09. The Kier molecular flexibility index (Phi) is 6.78. The van der Waals surface area contributed by atoms with Gasteiger partial charge in [-0.1, -0.05) is 41.7 Å². The molecule has 0 bridgehead atoms. The standard InChI is InChI=1S/C23H28N6O2S/c1-16(2)29-20(31)10-9-18(26-29)22-21(17-7-5-4-6-8-17)25-23(32-22)24-19(30)15-28-13-11-27(3)12-14-28/h4-10,16H,11-15H2,1-3H3,(H,24,25,30). The lowest BCUT2D eigenvalue weighted by molar-refractivity contribution is -0.117. The number of anilines is 1. The highest BCUT2D eigenvalue weighted by atomic mass is 32.1. The third-order valence-electron chi connectivity index (χ3n) is 5.43. The number of carbonyl (C=O) groups is 1. The normalized spacial score (nSPS) is 15.2. The smallest absolute Gasteiger partial charge is 0.267 e. The molecule has 0 saturated carbocycles. The van der Waals surface area contributed by atoms with E-state index in [2.05, 4.69) is 27.3 Å². The minimum absolute atomic E-state index is 0.0571. The molecule has 0 atom stereocenters. The molecule has 1 aliphatic rings. The Bertz CT molecular complexity index is 1130. The lowest BCUT2D eigenvalue weighted by Crippen LogP contribution is -2.47. The van der Waals surface area contributed by atoms with Crippen molar-refractivity contribution in [2.45, 2.75) is 19.9 Å². The van der Waals surface area contributed by atoms with Crippen LogP contribution in [-0.2, 0) is 4.79 Å². The fraction of sp³-hybridized carbons (Fsp3) is 0.391. The van der Waals surface area contributed by atoms with Crippen LogP contribution in [0.15, 0.2) is 47.3 Å². The molecular formula is C23H28N6O2S. The molecule has 0 radical (unpaired) electrons. The number of nitrogens with zero attached hydrogens (tertiary/aromatic N) is 5. The molecule has 8 nitrogen and oxygen atoms in total. The fourth-order valence-electron chi connectivity index (χ4n) is 3.62. The Balaban J connectivity index is 1.63. The van der Waals surface area contributed by atoms with E-state index in [9.17, 15) is 9.59 Å². The second-order valence-electron chi connectivity index (χ2n) is 8.29. The predicted molar refractivity (Wildman–Crippen MR) is 128 cm³/mol. The lowest BCUT2D eigenvalue weighted by Gasteiger charge is -2.31. The number of piperazine rings is 1. The van der Waals surface area contributed by atoms with Crippen LogP contribution in [0.1, 0.15) is 19.9 Å². The van der Waals surface area contributed by atoms with Gasteiger partial charge in [-0.3, -0.25) is 14.5 Å². The van der Waals surface area contributed by atoms with Gasteiger partial charge in [0.05, 0.1) is 23.2 Å². The molecule has 1 saturated heterocycles. The predicted octanol–water partition coefficient (Wildman–Crippen LogP) is 2.80. The van der Waals surface area contributed by atoms with Crippen LogP contribution in [0.2, 0.25) is 0 Å². The first-order valence-electron chi connectivity index (χ1n) is 10.8. The van der Waals surface area contributed by atoms with E-state index in [1.165, 1.54) is 22.1 Å². The molecule has 2 aromatic heterocycles. The molecule has 1 N–H and O–H groups in total. The van der Waals surface area contributed by atoms with Gasteiger partial charge >= 0.3 is 0 Å². The summed E-state index contributed by atoms with van der Waals surface area (Å²) >= 11 is 1.38. The van der Waals surface area contributed by atoms with Crippen LogP contribution in [0.25, 0.3) is 21.8 Å². The molecule has 0 aliphatic carbocycles. The molecule has 1 amide bonds. The van der Waals surface area contributed by atoms with Crippen molar-refractivity contribution in [2.24, 2.45) is 0 Å². The highest BCUT2D eigenvalue weighted by molar-refractivity contribution is 7.19. The van der Waals surface area contributed by atoms with Crippen LogP contribution in [0, 0.1) is 0 Å². The van der Waals surface area contributed by atoms with Crippen LogP contribution in [0.5, 0.6) is 0 Å². The van der Waals surface area contributed by atoms with Crippen molar-refractivity contribution in [3.63, 3.8) is 0 Å². The Hall–Kier alpha value is -2.88. The molecule has 1 aromatic carbocycles. The van der Waals surface area contributed by atoms with Crippen LogP contribution < -0.4 is 10.9 Å². The zero-order chi connectivity index (χ0) is 22.7. The highest BCUT2D eigenvalue weighted by Crippen LogP contribution is 2.38. The summed E-state index contributed by atoms with van der Waals surface area (Å²) in [5.41, 5.74) is 2.19. The summed E-state index contributed by atoms with van der Waals surface area (Å²) in [5.74, 6) is -0.0745. The van der Waals surface area contributed by atoms with Gasteiger partial charge in [0.2, 0.25) is 5.91 Å². The number of hydrogen-bond donors (Lipinski definition) is 1. The van der Waals surface area contributed by atoms with E-state index in [4.69, 9.17) is 4.98 Å². The third kappa shape index (κ3) is 5.12. The Morgan fingerprint density at radius 2 is 1.81 bits per heavy atom. The molecule has 32 heavy (non-hydrogen) atoms. The number of hydrogen-bond acceptors (Lipinski definition) is 7. The second kappa shape index (κ2) is 9.72. The Morgan fingerprint density at radius 3 is 2.50 bits per heavy atom. The Morgan fingerprint density at radius 1 is 1.09 bits per heavy atom. The number of nitrogens with one attached hydrogen (secondary N) is 1. The maximum Gasteiger partial charge on any atom is 0.267 e. The zero-order valence-electron chi connectivity index (χ0n) is 18.6. The Labute approximate surface area is 191 Å². The van der Waals surface area contributed by atoms with Crippen molar-refractivity contribution in [1.82, 2.24) is 24.6 Å². The molecule has 0 spiro atoms. The minimum Gasteiger partial charge on any atom is -0.304 e. The molecule has 9 heteroatoms. The molecule has 168 valence electrons. The summed E-state index contributed by atoms with van der Waals surface area (Å²) in [5, 5.41) is 8.07. The summed E-state index contributed by atoms with van der Waals surface area (Å²) in [6, 6.07) is 13.0. The molecule has 1 fully saturated rings. The number of aromatic nitrogens is 3. The fourth-order valence-corrected chi connectivity index (χ4v) is 4.59. The van der Waals surface area contributed by atoms with Crippen LogP contribution in [0.4, 0.5) is 5.13 Å². The van der Waals surface area contributed by atoms with Gasteiger partial charge in [0.15, 0.2) is 5.13 Å². The summed E-state index contributed by atoms with van der Waals surface area (Å²) in [4.78, 5) is 34.8. The van der Waals surface area contributed by atoms with E-state index >= 15 is 0 Å². The van der Waals surface area contributed by atoms with Crippen molar-refractivity contribution in [1.29, 1.82) is 0 Å². The van der Waals surface area contributed by atoms with Crippen LogP contribution in [-0.4, -0.2) is 70.2 Å². The van der Waals surface area contributed by atoms with E-state index < -0.39 is 0 Å². The van der Waals surface area contributed by atoms with Gasteiger partial charge < -0.3 is 10.2 Å². The minimum atomic E-state index is -0.143. The van der Waals surface area contributed by atoms with Gasteiger partial charge in [0.25, 0.3) is 5.56 Å². The monoisotopic (exact) mass is 452 g/mol. The molecule has 1 aliphatic heterocycles. The second-order valence-corrected chi connectivity index (χ2v) is 9.28. The van der Waals surface area contributed by atoms with Crippen molar-refractivity contribution in [2.75, 3.05) is 45.1 Å². The summed E-state index contributed by atoms with van der Waals surface area (Å²) in [6.07, 6.45) is 0. The first kappa shape index (κ1) is 22.3. The lowest BCUT2D eigenvalue weighted by atomic mass is 10.1. The average molecular weight is 453 g/mol. The van der Waals surface area contributed by atoms with Crippen molar-refractivity contribution >= 4 is 22.4 Å². The zero-order valence-corrected chi connectivity index (χ0v) is 19.4. The first-order chi connectivity index (χ1) is 15.4.